The van der Waals surface area contributed by atoms with Gasteiger partial charge in [-0.15, -0.1) is 6.58 Å². The zero-order chi connectivity index (χ0) is 46.4. The first-order valence-corrected chi connectivity index (χ1v) is 24.2. The van der Waals surface area contributed by atoms with E-state index in [2.05, 4.69) is 24.9 Å². The maximum Gasteiger partial charge on any atom is 0.412 e. The van der Waals surface area contributed by atoms with Gasteiger partial charge in [0.05, 0.1) is 45.2 Å². The number of rotatable bonds is 30. The van der Waals surface area contributed by atoms with E-state index < -0.39 is 35.5 Å². The summed E-state index contributed by atoms with van der Waals surface area (Å²) in [7, 11) is 1.33. The Kier molecular flexibility index (Phi) is 22.9. The van der Waals surface area contributed by atoms with E-state index in [0.717, 1.165) is 56.1 Å². The second-order valence-corrected chi connectivity index (χ2v) is 18.5. The number of methoxy groups -OCH3 is 1. The van der Waals surface area contributed by atoms with Crippen LogP contribution in [0.25, 0.3) is 0 Å². The van der Waals surface area contributed by atoms with Gasteiger partial charge >= 0.3 is 12.2 Å². The van der Waals surface area contributed by atoms with Crippen LogP contribution in [0.1, 0.15) is 148 Å². The Morgan fingerprint density at radius 2 is 1.62 bits per heavy atom. The SMILES string of the molecule is C=CCOC12Oc3ccc(OC(=O)NCCCCCCCCCCCC)cc3C3C(CCCCO)C(CCCCO)C=C(C(=NOC(C)(C)C)CC1N(CCOCCO)C(=O)OC)C32. The van der Waals surface area contributed by atoms with Crippen LogP contribution < -0.4 is 14.8 Å². The van der Waals surface area contributed by atoms with E-state index in [1.807, 2.05) is 32.9 Å². The Bertz CT molecular complexity index is 1630. The number of benzene rings is 1. The fraction of sp³-hybridized carbons (Fsp3) is 0.740. The Morgan fingerprint density at radius 3 is 2.27 bits per heavy atom. The number of amides is 2. The number of aliphatic hydroxyl groups excluding tert-OH is 3. The van der Waals surface area contributed by atoms with Gasteiger partial charge in [0.2, 0.25) is 5.79 Å². The van der Waals surface area contributed by atoms with Gasteiger partial charge in [0.25, 0.3) is 0 Å². The quantitative estimate of drug-likeness (QED) is 0.0329. The number of carbonyl (C=O) groups excluding carboxylic acids is 2. The highest BCUT2D eigenvalue weighted by Gasteiger charge is 2.65. The number of oxime groups is 1. The van der Waals surface area contributed by atoms with Crippen molar-refractivity contribution < 1.29 is 53.4 Å². The number of allylic oxidation sites excluding steroid dienone is 1. The first kappa shape index (κ1) is 52.9. The minimum atomic E-state index is -1.50. The summed E-state index contributed by atoms with van der Waals surface area (Å²) in [6.45, 7) is 12.9. The largest absolute Gasteiger partial charge is 0.459 e. The third-order valence-electron chi connectivity index (χ3n) is 12.6. The average Bonchev–Trinajstić information content (AvgIpc) is 3.27. The third-order valence-corrected chi connectivity index (χ3v) is 12.6. The van der Waals surface area contributed by atoms with Crippen molar-refractivity contribution in [2.24, 2.45) is 22.9 Å². The zero-order valence-corrected chi connectivity index (χ0v) is 39.7. The van der Waals surface area contributed by atoms with Crippen molar-refractivity contribution in [1.29, 1.82) is 0 Å². The molecule has 6 unspecified atom stereocenters. The first-order chi connectivity index (χ1) is 31.0. The summed E-state index contributed by atoms with van der Waals surface area (Å²) in [6.07, 6.45) is 19.4. The van der Waals surface area contributed by atoms with Crippen molar-refractivity contribution in [3.63, 3.8) is 0 Å². The Hall–Kier alpha value is -3.69. The summed E-state index contributed by atoms with van der Waals surface area (Å²) in [5, 5.41) is 37.1. The molecular weight excluding hydrogens is 819 g/mol. The zero-order valence-electron chi connectivity index (χ0n) is 39.7. The molecule has 2 amide bonds. The topological polar surface area (TPSA) is 178 Å². The first-order valence-electron chi connectivity index (χ1n) is 24.2. The van der Waals surface area contributed by atoms with Gasteiger partial charge in [0.15, 0.2) is 0 Å². The number of fused-ring (bicyclic) bond motifs is 2. The van der Waals surface area contributed by atoms with Gasteiger partial charge in [-0.2, -0.15) is 0 Å². The Balaban J connectivity index is 1.79. The van der Waals surface area contributed by atoms with E-state index in [4.69, 9.17) is 33.7 Å². The number of hydrogen-bond acceptors (Lipinski definition) is 12. The van der Waals surface area contributed by atoms with Gasteiger partial charge in [-0.3, -0.25) is 4.90 Å². The van der Waals surface area contributed by atoms with Crippen LogP contribution in [0.4, 0.5) is 9.59 Å². The Labute approximate surface area is 383 Å². The van der Waals surface area contributed by atoms with E-state index >= 15 is 0 Å². The van der Waals surface area contributed by atoms with E-state index in [0.29, 0.717) is 36.6 Å². The van der Waals surface area contributed by atoms with Crippen LogP contribution in [0.3, 0.4) is 0 Å². The molecule has 0 radical (unpaired) electrons. The second-order valence-electron chi connectivity index (χ2n) is 18.5. The number of aliphatic hydroxyl groups is 3. The maximum absolute atomic E-state index is 13.9. The molecule has 1 aromatic carbocycles. The standard InChI is InChI=1S/C50H81N3O11/c1-7-9-10-11-12-13-14-15-16-19-26-51-47(57)62-38-24-25-43-41(35-38)45-39(23-18-21-29-55)37(22-17-20-28-54)34-40-42(52-64-49(3,4)5)36-44(50(63-43,46(40)45)61-31-8-2)53(48(58)59-6)27-32-60-33-30-56/h8,24-25,34-35,37,39,44-46,54-56H,2,7,9-23,26-33,36H2,1,3-6H3,(H,51,57). The van der Waals surface area contributed by atoms with Crippen molar-refractivity contribution in [3.8, 4) is 11.5 Å². The molecule has 0 bridgehead atoms. The molecule has 64 heavy (non-hydrogen) atoms. The van der Waals surface area contributed by atoms with Crippen LogP contribution in [-0.2, 0) is 19.0 Å². The molecule has 1 aromatic rings. The molecule has 0 aromatic heterocycles. The van der Waals surface area contributed by atoms with Gasteiger partial charge in [0, 0.05) is 44.2 Å². The summed E-state index contributed by atoms with van der Waals surface area (Å²) in [5.41, 5.74) is 1.73. The lowest BCUT2D eigenvalue weighted by atomic mass is 9.55. The Morgan fingerprint density at radius 1 is 0.938 bits per heavy atom. The van der Waals surface area contributed by atoms with Crippen LogP contribution in [-0.4, -0.2) is 115 Å². The number of ether oxygens (including phenoxy) is 5. The fourth-order valence-corrected chi connectivity index (χ4v) is 9.67. The van der Waals surface area contributed by atoms with Crippen molar-refractivity contribution in [2.45, 2.75) is 160 Å². The highest BCUT2D eigenvalue weighted by Crippen LogP contribution is 2.62. The molecule has 1 saturated carbocycles. The van der Waals surface area contributed by atoms with E-state index in [1.165, 1.54) is 52.1 Å². The minimum absolute atomic E-state index is 0.0169. The van der Waals surface area contributed by atoms with E-state index in [1.54, 1.807) is 17.0 Å². The highest BCUT2D eigenvalue weighted by molar-refractivity contribution is 6.03. The molecule has 14 heteroatoms. The molecule has 2 aliphatic carbocycles. The molecule has 4 rings (SSSR count). The lowest BCUT2D eigenvalue weighted by Gasteiger charge is -2.59. The smallest absolute Gasteiger partial charge is 0.412 e. The molecule has 0 spiro atoms. The third kappa shape index (κ3) is 15.2. The maximum atomic E-state index is 13.9. The molecule has 4 N–H and O–H groups in total. The van der Waals surface area contributed by atoms with E-state index in [-0.39, 0.29) is 70.4 Å². The highest BCUT2D eigenvalue weighted by atomic mass is 16.7. The normalized spacial score (nSPS) is 23.0. The van der Waals surface area contributed by atoms with Gasteiger partial charge < -0.3 is 49.2 Å². The summed E-state index contributed by atoms with van der Waals surface area (Å²) in [6, 6.07) is 4.63. The molecule has 14 nitrogen and oxygen atoms in total. The minimum Gasteiger partial charge on any atom is -0.459 e. The van der Waals surface area contributed by atoms with Gasteiger partial charge in [0.1, 0.15) is 23.1 Å². The summed E-state index contributed by atoms with van der Waals surface area (Å²) in [5.74, 6) is -1.44. The molecular formula is C50H81N3O11. The number of nitrogens with zero attached hydrogens (tertiary/aromatic N) is 2. The lowest BCUT2D eigenvalue weighted by molar-refractivity contribution is -0.256. The van der Waals surface area contributed by atoms with E-state index in [9.17, 15) is 24.9 Å². The molecule has 3 aliphatic rings. The van der Waals surface area contributed by atoms with Gasteiger partial charge in [-0.25, -0.2) is 9.59 Å². The van der Waals surface area contributed by atoms with Crippen molar-refractivity contribution in [2.75, 3.05) is 59.8 Å². The van der Waals surface area contributed by atoms with Crippen LogP contribution >= 0.6 is 0 Å². The lowest BCUT2D eigenvalue weighted by Crippen LogP contribution is -2.70. The van der Waals surface area contributed by atoms with Crippen molar-refractivity contribution >= 4 is 17.9 Å². The van der Waals surface area contributed by atoms with Gasteiger partial charge in [-0.1, -0.05) is 94.9 Å². The monoisotopic (exact) mass is 900 g/mol. The summed E-state index contributed by atoms with van der Waals surface area (Å²) in [4.78, 5) is 35.0. The van der Waals surface area contributed by atoms with Crippen molar-refractivity contribution in [3.05, 3.63) is 48.1 Å². The average molecular weight is 900 g/mol. The molecule has 6 atom stereocenters. The van der Waals surface area contributed by atoms with Crippen molar-refractivity contribution in [1.82, 2.24) is 10.2 Å². The molecule has 0 saturated heterocycles. The molecule has 1 fully saturated rings. The summed E-state index contributed by atoms with van der Waals surface area (Å²) < 4.78 is 31.3. The van der Waals surface area contributed by atoms with Crippen LogP contribution in [0.15, 0.2) is 47.7 Å². The molecule has 362 valence electrons. The predicted molar refractivity (Wildman–Crippen MR) is 249 cm³/mol. The predicted octanol–water partition coefficient (Wildman–Crippen LogP) is 9.21. The number of unbranched alkanes of at least 4 members (excludes halogenated alkanes) is 11. The van der Waals surface area contributed by atoms with Crippen LogP contribution in [0, 0.1) is 17.8 Å². The fourth-order valence-electron chi connectivity index (χ4n) is 9.67. The number of carbonyl (C=O) groups is 2. The van der Waals surface area contributed by atoms with Gasteiger partial charge in [-0.05, 0) is 88.5 Å². The molecule has 1 heterocycles. The second kappa shape index (κ2) is 27.7. The number of nitrogens with one attached hydrogen (secondary N) is 1. The molecule has 1 aliphatic heterocycles. The van der Waals surface area contributed by atoms with Crippen LogP contribution in [0.2, 0.25) is 0 Å². The summed E-state index contributed by atoms with van der Waals surface area (Å²) >= 11 is 0. The van der Waals surface area contributed by atoms with Crippen LogP contribution in [0.5, 0.6) is 11.5 Å². The number of hydrogen-bond donors (Lipinski definition) is 4.